The number of amides is 1. The van der Waals surface area contributed by atoms with Crippen LogP contribution in [0.5, 0.6) is 0 Å². The van der Waals surface area contributed by atoms with Crippen LogP contribution in [0.1, 0.15) is 10.4 Å². The fraction of sp³-hybridized carbons (Fsp3) is 0.208. The fourth-order valence-electron chi connectivity index (χ4n) is 3.81. The number of pyridine rings is 2. The van der Waals surface area contributed by atoms with Crippen LogP contribution >= 0.6 is 11.6 Å². The highest BCUT2D eigenvalue weighted by Gasteiger charge is 2.17. The number of piperazine rings is 1. The van der Waals surface area contributed by atoms with Gasteiger partial charge in [-0.3, -0.25) is 9.78 Å². The van der Waals surface area contributed by atoms with Crippen molar-refractivity contribution in [2.75, 3.05) is 43.4 Å². The Balaban J connectivity index is 1.36. The lowest BCUT2D eigenvalue weighted by molar-refractivity contribution is 0.102. The van der Waals surface area contributed by atoms with Gasteiger partial charge in [-0.2, -0.15) is 0 Å². The summed E-state index contributed by atoms with van der Waals surface area (Å²) >= 11 is 6.08. The average molecular weight is 460 g/mol. The van der Waals surface area contributed by atoms with Crippen LogP contribution < -0.4 is 10.2 Å². The molecule has 0 spiro atoms. The van der Waals surface area contributed by atoms with Crippen LogP contribution in [0.15, 0.2) is 61.1 Å². The fourth-order valence-corrected chi connectivity index (χ4v) is 3.99. The van der Waals surface area contributed by atoms with Crippen molar-refractivity contribution in [3.8, 4) is 11.1 Å². The Labute approximate surface area is 196 Å². The van der Waals surface area contributed by atoms with E-state index in [1.165, 1.54) is 0 Å². The number of carbonyl (C=O) groups is 1. The third-order valence-electron chi connectivity index (χ3n) is 5.70. The zero-order valence-electron chi connectivity index (χ0n) is 18.1. The first-order valence-corrected chi connectivity index (χ1v) is 11.0. The highest BCUT2D eigenvalue weighted by molar-refractivity contribution is 6.30. The molecule has 4 aromatic rings. The summed E-state index contributed by atoms with van der Waals surface area (Å²) in [4.78, 5) is 26.0. The molecule has 0 radical (unpaired) electrons. The third kappa shape index (κ3) is 4.76. The zero-order valence-corrected chi connectivity index (χ0v) is 18.8. The van der Waals surface area contributed by atoms with E-state index in [1.807, 2.05) is 36.4 Å². The van der Waals surface area contributed by atoms with Crippen LogP contribution in [0.3, 0.4) is 0 Å². The summed E-state index contributed by atoms with van der Waals surface area (Å²) < 4.78 is 0. The Bertz CT molecular complexity index is 1320. The predicted molar refractivity (Wildman–Crippen MR) is 130 cm³/mol. The zero-order chi connectivity index (χ0) is 22.8. The summed E-state index contributed by atoms with van der Waals surface area (Å²) in [6, 6.07) is 13.0. The maximum atomic E-state index is 12.9. The van der Waals surface area contributed by atoms with Crippen LogP contribution in [0.25, 0.3) is 22.0 Å². The molecule has 1 aromatic carbocycles. The molecule has 33 heavy (non-hydrogen) atoms. The molecule has 166 valence electrons. The normalized spacial score (nSPS) is 14.4. The van der Waals surface area contributed by atoms with E-state index in [1.54, 1.807) is 24.7 Å². The van der Waals surface area contributed by atoms with Crippen molar-refractivity contribution in [2.45, 2.75) is 0 Å². The number of halogens is 1. The second kappa shape index (κ2) is 9.09. The van der Waals surface area contributed by atoms with Gasteiger partial charge in [-0.05, 0) is 49.0 Å². The van der Waals surface area contributed by atoms with E-state index in [9.17, 15) is 4.79 Å². The van der Waals surface area contributed by atoms with Crippen LogP contribution in [-0.2, 0) is 0 Å². The Hall–Kier alpha value is -3.62. The number of fused-ring (bicyclic) bond motifs is 1. The second-order valence-electron chi connectivity index (χ2n) is 8.04. The van der Waals surface area contributed by atoms with Crippen molar-refractivity contribution in [2.24, 2.45) is 0 Å². The van der Waals surface area contributed by atoms with Crippen LogP contribution in [0.2, 0.25) is 5.02 Å². The molecule has 5 rings (SSSR count). The number of aromatic nitrogens is 4. The van der Waals surface area contributed by atoms with Gasteiger partial charge in [0.25, 0.3) is 5.91 Å². The van der Waals surface area contributed by atoms with E-state index < -0.39 is 0 Å². The lowest BCUT2D eigenvalue weighted by Crippen LogP contribution is -2.44. The highest BCUT2D eigenvalue weighted by Crippen LogP contribution is 2.26. The van der Waals surface area contributed by atoms with Crippen molar-refractivity contribution >= 4 is 40.0 Å². The predicted octanol–water partition coefficient (Wildman–Crippen LogP) is 3.74. The molecule has 1 aliphatic rings. The summed E-state index contributed by atoms with van der Waals surface area (Å²) in [6.07, 6.45) is 5.02. The molecule has 1 N–H and O–H groups in total. The van der Waals surface area contributed by atoms with Gasteiger partial charge < -0.3 is 15.1 Å². The molecule has 0 bridgehead atoms. The van der Waals surface area contributed by atoms with Gasteiger partial charge in [0.15, 0.2) is 5.82 Å². The Kier molecular flexibility index (Phi) is 5.85. The summed E-state index contributed by atoms with van der Waals surface area (Å²) in [6.45, 7) is 3.71. The smallest absolute Gasteiger partial charge is 0.257 e. The minimum atomic E-state index is -0.253. The molecule has 1 saturated heterocycles. The van der Waals surface area contributed by atoms with Crippen molar-refractivity contribution in [3.05, 3.63) is 71.6 Å². The number of nitrogens with zero attached hydrogens (tertiary/aromatic N) is 6. The van der Waals surface area contributed by atoms with E-state index in [0.29, 0.717) is 16.4 Å². The van der Waals surface area contributed by atoms with Gasteiger partial charge in [-0.1, -0.05) is 17.7 Å². The van der Waals surface area contributed by atoms with Gasteiger partial charge in [0.05, 0.1) is 10.5 Å². The molecule has 0 aliphatic carbocycles. The quantitative estimate of drug-likeness (QED) is 0.497. The van der Waals surface area contributed by atoms with E-state index in [4.69, 9.17) is 11.6 Å². The Morgan fingerprint density at radius 2 is 1.82 bits per heavy atom. The molecule has 0 unspecified atom stereocenters. The van der Waals surface area contributed by atoms with Gasteiger partial charge >= 0.3 is 0 Å². The maximum absolute atomic E-state index is 12.9. The lowest BCUT2D eigenvalue weighted by atomic mass is 10.1. The van der Waals surface area contributed by atoms with Crippen LogP contribution in [-0.4, -0.2) is 64.2 Å². The number of hydrogen-bond donors (Lipinski definition) is 1. The molecule has 0 saturated carbocycles. The maximum Gasteiger partial charge on any atom is 0.257 e. The molecule has 3 aromatic heterocycles. The van der Waals surface area contributed by atoms with Gasteiger partial charge in [0.1, 0.15) is 5.82 Å². The van der Waals surface area contributed by atoms with E-state index in [-0.39, 0.29) is 5.91 Å². The Morgan fingerprint density at radius 3 is 2.64 bits per heavy atom. The minimum absolute atomic E-state index is 0.253. The summed E-state index contributed by atoms with van der Waals surface area (Å²) in [5.41, 5.74) is 3.11. The van der Waals surface area contributed by atoms with Gasteiger partial charge in [0, 0.05) is 61.3 Å². The van der Waals surface area contributed by atoms with E-state index in [0.717, 1.165) is 54.0 Å². The second-order valence-corrected chi connectivity index (χ2v) is 8.48. The number of nitrogens with one attached hydrogen (secondary N) is 1. The minimum Gasteiger partial charge on any atom is -0.354 e. The number of benzene rings is 1. The molecule has 1 fully saturated rings. The lowest BCUT2D eigenvalue weighted by Gasteiger charge is -2.33. The summed E-state index contributed by atoms with van der Waals surface area (Å²) in [5.74, 6) is 0.934. The largest absolute Gasteiger partial charge is 0.354 e. The third-order valence-corrected chi connectivity index (χ3v) is 5.91. The average Bonchev–Trinajstić information content (AvgIpc) is 2.84. The first-order chi connectivity index (χ1) is 16.0. The molecule has 4 heterocycles. The van der Waals surface area contributed by atoms with Crippen molar-refractivity contribution in [1.82, 2.24) is 25.1 Å². The number of likely N-dealkylation sites (N-methyl/N-ethyl adjacent to an activating group) is 1. The number of rotatable bonds is 4. The molecular formula is C24H22ClN7O. The first kappa shape index (κ1) is 21.2. The van der Waals surface area contributed by atoms with Crippen molar-refractivity contribution in [3.63, 3.8) is 0 Å². The molecule has 8 nitrogen and oxygen atoms in total. The van der Waals surface area contributed by atoms with Crippen LogP contribution in [0.4, 0.5) is 11.6 Å². The van der Waals surface area contributed by atoms with Gasteiger partial charge in [0.2, 0.25) is 0 Å². The van der Waals surface area contributed by atoms with Crippen molar-refractivity contribution in [1.29, 1.82) is 0 Å². The molecule has 1 aliphatic heterocycles. The van der Waals surface area contributed by atoms with Crippen LogP contribution in [0, 0.1) is 0 Å². The topological polar surface area (TPSA) is 87.1 Å². The number of hydrogen-bond acceptors (Lipinski definition) is 7. The summed E-state index contributed by atoms with van der Waals surface area (Å²) in [7, 11) is 2.11. The molecule has 9 heteroatoms. The highest BCUT2D eigenvalue weighted by atomic mass is 35.5. The van der Waals surface area contributed by atoms with E-state index in [2.05, 4.69) is 42.3 Å². The molecule has 0 atom stereocenters. The monoisotopic (exact) mass is 459 g/mol. The standard InChI is InChI=1S/C24H22ClN7O/c1-31-6-8-32(9-7-31)23-13-17(4-5-27-23)24(33)28-22-12-18-10-16(2-3-21(18)29-30-22)19-11-20(25)15-26-14-19/h2-5,10-15H,6-9H2,1H3,(H,28,30,33). The van der Waals surface area contributed by atoms with Crippen molar-refractivity contribution < 1.29 is 4.79 Å². The van der Waals surface area contributed by atoms with E-state index >= 15 is 0 Å². The SMILES string of the molecule is CN1CCN(c2cc(C(=O)Nc3cc4cc(-c5cncc(Cl)c5)ccc4nn3)ccn2)CC1. The molecular weight excluding hydrogens is 438 g/mol. The molecule has 1 amide bonds. The van der Waals surface area contributed by atoms with Gasteiger partial charge in [-0.25, -0.2) is 4.98 Å². The number of carbonyl (C=O) groups excluding carboxylic acids is 1. The number of anilines is 2. The first-order valence-electron chi connectivity index (χ1n) is 10.6. The van der Waals surface area contributed by atoms with Gasteiger partial charge in [-0.15, -0.1) is 10.2 Å². The Morgan fingerprint density at radius 1 is 0.970 bits per heavy atom. The summed E-state index contributed by atoms with van der Waals surface area (Å²) in [5, 5.41) is 12.7.